The van der Waals surface area contributed by atoms with Gasteiger partial charge >= 0.3 is 0 Å². The predicted molar refractivity (Wildman–Crippen MR) is 197 cm³/mol. The highest BCUT2D eigenvalue weighted by Crippen LogP contribution is 2.43. The summed E-state index contributed by atoms with van der Waals surface area (Å²) >= 11 is 0. The summed E-state index contributed by atoms with van der Waals surface area (Å²) in [7, 11) is -2.11. The van der Waals surface area contributed by atoms with Gasteiger partial charge in [0.25, 0.3) is 0 Å². The summed E-state index contributed by atoms with van der Waals surface area (Å²) in [5.41, 5.74) is 10.5. The van der Waals surface area contributed by atoms with Crippen molar-refractivity contribution in [1.82, 2.24) is 14.5 Å². The Morgan fingerprint density at radius 3 is 2.13 bits per heavy atom. The van der Waals surface area contributed by atoms with E-state index in [9.17, 15) is 0 Å². The van der Waals surface area contributed by atoms with E-state index in [2.05, 4.69) is 145 Å². The highest BCUT2D eigenvalue weighted by atomic mass is 28.3. The fourth-order valence-corrected chi connectivity index (χ4v) is 10.7. The Balaban J connectivity index is 1.35. The second kappa shape index (κ2) is 9.61. The van der Waals surface area contributed by atoms with Crippen LogP contribution in [0.15, 0.2) is 144 Å². The number of fused-ring (bicyclic) bond motifs is 10. The largest absolute Gasteiger partial charge is 0.454 e. The van der Waals surface area contributed by atoms with Crippen LogP contribution in [0.1, 0.15) is 0 Å². The zero-order chi connectivity index (χ0) is 31.3. The van der Waals surface area contributed by atoms with Crippen LogP contribution < -0.4 is 10.5 Å². The Morgan fingerprint density at radius 2 is 1.26 bits per heavy atom. The van der Waals surface area contributed by atoms with Crippen LogP contribution in [0.3, 0.4) is 0 Å². The molecule has 0 atom stereocenters. The number of para-hydroxylation sites is 3. The molecule has 222 valence electrons. The fraction of sp³-hybridized carbons (Fsp3) is 0.0476. The Morgan fingerprint density at radius 1 is 0.574 bits per heavy atom. The second-order valence-electron chi connectivity index (χ2n) is 13.0. The minimum absolute atomic E-state index is 0.768. The molecule has 0 unspecified atom stereocenters. The van der Waals surface area contributed by atoms with Gasteiger partial charge in [-0.2, -0.15) is 0 Å². The monoisotopic (exact) mass is 619 g/mol. The smallest absolute Gasteiger partial charge is 0.160 e. The molecule has 0 N–H and O–H groups in total. The van der Waals surface area contributed by atoms with E-state index in [1.54, 1.807) is 0 Å². The van der Waals surface area contributed by atoms with Gasteiger partial charge in [0, 0.05) is 43.6 Å². The van der Waals surface area contributed by atoms with Crippen LogP contribution >= 0.6 is 0 Å². The van der Waals surface area contributed by atoms with Gasteiger partial charge in [-0.05, 0) is 35.0 Å². The van der Waals surface area contributed by atoms with E-state index in [0.29, 0.717) is 0 Å². The first-order valence-electron chi connectivity index (χ1n) is 16.1. The molecule has 5 heteroatoms. The molecule has 0 spiro atoms. The van der Waals surface area contributed by atoms with Crippen LogP contribution in [0.4, 0.5) is 0 Å². The van der Waals surface area contributed by atoms with Gasteiger partial charge in [0.1, 0.15) is 13.7 Å². The van der Waals surface area contributed by atoms with Gasteiger partial charge in [-0.15, -0.1) is 0 Å². The number of furan rings is 1. The van der Waals surface area contributed by atoms with E-state index in [1.165, 1.54) is 32.4 Å². The molecule has 9 aromatic rings. The average Bonchev–Trinajstić information content (AvgIpc) is 3.74. The molecular weight excluding hydrogens is 591 g/mol. The summed E-state index contributed by atoms with van der Waals surface area (Å²) in [4.78, 5) is 10.8. The van der Waals surface area contributed by atoms with Crippen LogP contribution in [0.2, 0.25) is 13.1 Å². The normalized spacial score (nSPS) is 13.5. The molecule has 4 heterocycles. The first kappa shape index (κ1) is 26.4. The lowest BCUT2D eigenvalue weighted by atomic mass is 9.99. The third-order valence-corrected chi connectivity index (χ3v) is 13.3. The summed E-state index contributed by atoms with van der Waals surface area (Å²) in [6.07, 6.45) is 0. The minimum Gasteiger partial charge on any atom is -0.454 e. The van der Waals surface area contributed by atoms with Crippen LogP contribution in [0, 0.1) is 0 Å². The zero-order valence-electron chi connectivity index (χ0n) is 26.0. The minimum atomic E-state index is -2.11. The molecule has 0 saturated heterocycles. The van der Waals surface area contributed by atoms with E-state index in [-0.39, 0.29) is 0 Å². The Bertz CT molecular complexity index is 2720. The summed E-state index contributed by atoms with van der Waals surface area (Å²) in [6.45, 7) is 4.83. The van der Waals surface area contributed by atoms with Crippen molar-refractivity contribution in [3.63, 3.8) is 0 Å². The number of benzene rings is 6. The molecule has 4 nitrogen and oxygen atoms in total. The number of nitrogens with zero attached hydrogens (tertiary/aromatic N) is 3. The lowest BCUT2D eigenvalue weighted by Crippen LogP contribution is -2.50. The van der Waals surface area contributed by atoms with E-state index in [0.717, 1.165) is 61.3 Å². The third kappa shape index (κ3) is 3.63. The summed E-state index contributed by atoms with van der Waals surface area (Å²) in [5, 5.41) is 7.20. The molecule has 0 saturated carbocycles. The van der Waals surface area contributed by atoms with E-state index in [4.69, 9.17) is 14.4 Å². The standard InChI is InChI=1S/C42H29N3OSi/c1-47(2)36-23-13-9-19-32(36)37-38(43-41(44-42(37)47)26-14-4-3-5-15-26)31-18-7-11-21-34(31)45-33-20-10-6-16-27(33)29-24-25-30-28-17-8-12-22-35(28)46-40(30)39(29)45/h3-25H,1-2H3. The van der Waals surface area contributed by atoms with E-state index >= 15 is 0 Å². The van der Waals surface area contributed by atoms with E-state index in [1.807, 2.05) is 12.1 Å². The number of aromatic nitrogens is 3. The average molecular weight is 620 g/mol. The quantitative estimate of drug-likeness (QED) is 0.185. The van der Waals surface area contributed by atoms with Crippen LogP contribution in [-0.2, 0) is 0 Å². The van der Waals surface area contributed by atoms with Crippen molar-refractivity contribution in [2.75, 3.05) is 0 Å². The molecule has 10 rings (SSSR count). The molecule has 0 amide bonds. The van der Waals surface area contributed by atoms with Crippen molar-refractivity contribution in [1.29, 1.82) is 0 Å². The maximum Gasteiger partial charge on any atom is 0.160 e. The van der Waals surface area contributed by atoms with Gasteiger partial charge in [0.2, 0.25) is 0 Å². The van der Waals surface area contributed by atoms with Crippen molar-refractivity contribution >= 4 is 62.3 Å². The topological polar surface area (TPSA) is 43.9 Å². The number of hydrogen-bond donors (Lipinski definition) is 0. The Kier molecular flexibility index (Phi) is 5.41. The molecule has 0 fully saturated rings. The molecule has 47 heavy (non-hydrogen) atoms. The maximum absolute atomic E-state index is 6.69. The molecular formula is C42H29N3OSi. The fourth-order valence-electron chi connectivity index (χ4n) is 7.80. The Hall–Kier alpha value is -5.78. The molecule has 0 aliphatic carbocycles. The summed E-state index contributed by atoms with van der Waals surface area (Å²) in [6, 6.07) is 49.4. The second-order valence-corrected chi connectivity index (χ2v) is 17.2. The van der Waals surface area contributed by atoms with Gasteiger partial charge in [-0.3, -0.25) is 0 Å². The number of hydrogen-bond acceptors (Lipinski definition) is 3. The molecule has 6 aromatic carbocycles. The highest BCUT2D eigenvalue weighted by molar-refractivity contribution is 7.03. The molecule has 0 bridgehead atoms. The predicted octanol–water partition coefficient (Wildman–Crippen LogP) is 9.61. The zero-order valence-corrected chi connectivity index (χ0v) is 27.0. The lowest BCUT2D eigenvalue weighted by molar-refractivity contribution is 0.671. The Labute approximate surface area is 272 Å². The molecule has 1 aliphatic heterocycles. The van der Waals surface area contributed by atoms with E-state index < -0.39 is 8.07 Å². The first-order valence-corrected chi connectivity index (χ1v) is 19.1. The summed E-state index contributed by atoms with van der Waals surface area (Å²) in [5.74, 6) is 0.768. The van der Waals surface area contributed by atoms with Gasteiger partial charge in [-0.1, -0.05) is 128 Å². The van der Waals surface area contributed by atoms with Crippen molar-refractivity contribution < 1.29 is 4.42 Å². The van der Waals surface area contributed by atoms with Gasteiger partial charge < -0.3 is 8.98 Å². The lowest BCUT2D eigenvalue weighted by Gasteiger charge is -2.20. The first-order chi connectivity index (χ1) is 23.1. The molecule has 1 aliphatic rings. The van der Waals surface area contributed by atoms with Crippen LogP contribution in [0.5, 0.6) is 0 Å². The van der Waals surface area contributed by atoms with Crippen molar-refractivity contribution in [3.8, 4) is 39.5 Å². The molecule has 0 radical (unpaired) electrons. The van der Waals surface area contributed by atoms with Crippen LogP contribution in [-0.4, -0.2) is 22.6 Å². The third-order valence-electron chi connectivity index (χ3n) is 9.98. The molecule has 3 aromatic heterocycles. The van der Waals surface area contributed by atoms with Gasteiger partial charge in [-0.25, -0.2) is 9.97 Å². The van der Waals surface area contributed by atoms with Crippen molar-refractivity contribution in [3.05, 3.63) is 140 Å². The van der Waals surface area contributed by atoms with Crippen LogP contribution in [0.25, 0.3) is 83.2 Å². The summed E-state index contributed by atoms with van der Waals surface area (Å²) < 4.78 is 9.08. The van der Waals surface area contributed by atoms with Crippen molar-refractivity contribution in [2.45, 2.75) is 13.1 Å². The highest BCUT2D eigenvalue weighted by Gasteiger charge is 2.41. The number of rotatable bonds is 3. The SMILES string of the molecule is C[Si]1(C)c2ccccc2-c2c(-c3ccccc3-n3c4ccccc4c4ccc5c6ccccc6oc5c43)nc(-c3ccccc3)nc21. The van der Waals surface area contributed by atoms with Gasteiger partial charge in [0.05, 0.1) is 22.4 Å². The van der Waals surface area contributed by atoms with Gasteiger partial charge in [0.15, 0.2) is 11.4 Å². The van der Waals surface area contributed by atoms with Crippen molar-refractivity contribution in [2.24, 2.45) is 0 Å². The maximum atomic E-state index is 6.69.